The van der Waals surface area contributed by atoms with Crippen LogP contribution in [0.3, 0.4) is 0 Å². The van der Waals surface area contributed by atoms with Crippen molar-refractivity contribution < 1.29 is 4.74 Å². The monoisotopic (exact) mass is 203 g/mol. The van der Waals surface area contributed by atoms with Crippen molar-refractivity contribution in [2.75, 3.05) is 7.11 Å². The van der Waals surface area contributed by atoms with Gasteiger partial charge in [0.1, 0.15) is 5.75 Å². The summed E-state index contributed by atoms with van der Waals surface area (Å²) in [5.74, 6) is 0.936. The van der Waals surface area contributed by atoms with Crippen molar-refractivity contribution in [2.45, 2.75) is 25.3 Å². The van der Waals surface area contributed by atoms with Crippen LogP contribution in [-0.2, 0) is 0 Å². The third-order valence-electron chi connectivity index (χ3n) is 2.86. The zero-order valence-corrected chi connectivity index (χ0v) is 9.07. The van der Waals surface area contributed by atoms with Crippen LogP contribution in [0.4, 0.5) is 0 Å². The van der Waals surface area contributed by atoms with E-state index >= 15 is 0 Å². The highest BCUT2D eigenvalue weighted by molar-refractivity contribution is 5.60. The van der Waals surface area contributed by atoms with E-state index in [1.54, 1.807) is 7.11 Å². The summed E-state index contributed by atoms with van der Waals surface area (Å²) in [5, 5.41) is 0. The number of methoxy groups -OCH3 is 1. The third-order valence-corrected chi connectivity index (χ3v) is 2.86. The van der Waals surface area contributed by atoms with Crippen LogP contribution in [0.5, 0.6) is 5.75 Å². The van der Waals surface area contributed by atoms with Gasteiger partial charge in [0.15, 0.2) is 0 Å². The average Bonchev–Trinajstić information content (AvgIpc) is 2.65. The second kappa shape index (κ2) is 4.49. The standard InChI is InChI=1S/C13H17NO/c1-15-13-5-3-2-4-11(13)8-10-6-7-12(14)9-10/h2-5,8,12H,6-7,9,14H2,1H3. The highest BCUT2D eigenvalue weighted by atomic mass is 16.5. The minimum Gasteiger partial charge on any atom is -0.496 e. The maximum Gasteiger partial charge on any atom is 0.126 e. The molecule has 2 N–H and O–H groups in total. The van der Waals surface area contributed by atoms with E-state index in [0.717, 1.165) is 30.6 Å². The topological polar surface area (TPSA) is 35.2 Å². The molecular formula is C13H17NO. The molecule has 0 radical (unpaired) electrons. The fourth-order valence-corrected chi connectivity index (χ4v) is 2.05. The zero-order valence-electron chi connectivity index (χ0n) is 9.07. The second-order valence-electron chi connectivity index (χ2n) is 4.05. The van der Waals surface area contributed by atoms with Gasteiger partial charge in [0.05, 0.1) is 7.11 Å². The Labute approximate surface area is 90.7 Å². The quantitative estimate of drug-likeness (QED) is 0.801. The lowest BCUT2D eigenvalue weighted by molar-refractivity contribution is 0.414. The third kappa shape index (κ3) is 2.39. The van der Waals surface area contributed by atoms with Crippen molar-refractivity contribution in [3.05, 3.63) is 35.4 Å². The highest BCUT2D eigenvalue weighted by Crippen LogP contribution is 2.28. The van der Waals surface area contributed by atoms with E-state index in [4.69, 9.17) is 10.5 Å². The molecule has 1 atom stereocenters. The van der Waals surface area contributed by atoms with Gasteiger partial charge < -0.3 is 10.5 Å². The number of hydrogen-bond donors (Lipinski definition) is 1. The summed E-state index contributed by atoms with van der Waals surface area (Å²) >= 11 is 0. The fraction of sp³-hybridized carbons (Fsp3) is 0.385. The Balaban J connectivity index is 2.23. The van der Waals surface area contributed by atoms with Crippen LogP contribution in [0.15, 0.2) is 29.8 Å². The molecule has 0 heterocycles. The first-order chi connectivity index (χ1) is 7.29. The summed E-state index contributed by atoms with van der Waals surface area (Å²) in [6, 6.07) is 8.44. The summed E-state index contributed by atoms with van der Waals surface area (Å²) in [6.07, 6.45) is 5.48. The van der Waals surface area contributed by atoms with E-state index in [2.05, 4.69) is 12.1 Å². The van der Waals surface area contributed by atoms with Gasteiger partial charge in [0.25, 0.3) is 0 Å². The molecule has 2 nitrogen and oxygen atoms in total. The lowest BCUT2D eigenvalue weighted by Gasteiger charge is -2.05. The lowest BCUT2D eigenvalue weighted by Crippen LogP contribution is -2.13. The largest absolute Gasteiger partial charge is 0.496 e. The van der Waals surface area contributed by atoms with Crippen LogP contribution in [-0.4, -0.2) is 13.2 Å². The minimum atomic E-state index is 0.353. The molecule has 1 unspecified atom stereocenters. The number of benzene rings is 1. The van der Waals surface area contributed by atoms with Gasteiger partial charge in [0.2, 0.25) is 0 Å². The van der Waals surface area contributed by atoms with Gasteiger partial charge in [-0.3, -0.25) is 0 Å². The summed E-state index contributed by atoms with van der Waals surface area (Å²) in [7, 11) is 1.71. The van der Waals surface area contributed by atoms with Gasteiger partial charge in [-0.2, -0.15) is 0 Å². The van der Waals surface area contributed by atoms with E-state index in [0.29, 0.717) is 6.04 Å². The van der Waals surface area contributed by atoms with Crippen molar-refractivity contribution >= 4 is 6.08 Å². The van der Waals surface area contributed by atoms with E-state index < -0.39 is 0 Å². The molecule has 1 saturated carbocycles. The smallest absolute Gasteiger partial charge is 0.126 e. The Morgan fingerprint density at radius 3 is 2.87 bits per heavy atom. The molecule has 0 amide bonds. The number of ether oxygens (including phenoxy) is 1. The first kappa shape index (κ1) is 10.2. The SMILES string of the molecule is COc1ccccc1C=C1CCC(N)C1. The van der Waals surface area contributed by atoms with Crippen LogP contribution in [0.1, 0.15) is 24.8 Å². The van der Waals surface area contributed by atoms with Gasteiger partial charge in [-0.1, -0.05) is 29.8 Å². The number of hydrogen-bond acceptors (Lipinski definition) is 2. The van der Waals surface area contributed by atoms with E-state index in [1.165, 1.54) is 5.57 Å². The molecule has 1 aliphatic rings. The summed E-state index contributed by atoms with van der Waals surface area (Å²) in [5.41, 5.74) is 8.47. The first-order valence-corrected chi connectivity index (χ1v) is 5.37. The van der Waals surface area contributed by atoms with E-state index in [-0.39, 0.29) is 0 Å². The van der Waals surface area contributed by atoms with Crippen molar-refractivity contribution in [3.8, 4) is 5.75 Å². The zero-order chi connectivity index (χ0) is 10.7. The minimum absolute atomic E-state index is 0.353. The number of rotatable bonds is 2. The molecule has 0 bridgehead atoms. The molecular weight excluding hydrogens is 186 g/mol. The molecule has 0 saturated heterocycles. The molecule has 2 rings (SSSR count). The van der Waals surface area contributed by atoms with Crippen LogP contribution in [0.25, 0.3) is 6.08 Å². The number of nitrogens with two attached hydrogens (primary N) is 1. The van der Waals surface area contributed by atoms with Crippen molar-refractivity contribution in [2.24, 2.45) is 5.73 Å². The Morgan fingerprint density at radius 1 is 1.40 bits per heavy atom. The molecule has 15 heavy (non-hydrogen) atoms. The maximum absolute atomic E-state index is 5.88. The van der Waals surface area contributed by atoms with Gasteiger partial charge >= 0.3 is 0 Å². The van der Waals surface area contributed by atoms with Crippen molar-refractivity contribution in [3.63, 3.8) is 0 Å². The molecule has 2 heteroatoms. The van der Waals surface area contributed by atoms with Gasteiger partial charge in [-0.15, -0.1) is 0 Å². The summed E-state index contributed by atoms with van der Waals surface area (Å²) in [4.78, 5) is 0. The van der Waals surface area contributed by atoms with Crippen LogP contribution < -0.4 is 10.5 Å². The Bertz CT molecular complexity index is 371. The molecule has 1 aromatic carbocycles. The van der Waals surface area contributed by atoms with Gasteiger partial charge in [-0.25, -0.2) is 0 Å². The predicted molar refractivity (Wildman–Crippen MR) is 62.8 cm³/mol. The summed E-state index contributed by atoms with van der Waals surface area (Å²) < 4.78 is 5.31. The van der Waals surface area contributed by atoms with Gasteiger partial charge in [-0.05, 0) is 25.3 Å². The van der Waals surface area contributed by atoms with E-state index in [1.807, 2.05) is 18.2 Å². The fourth-order valence-electron chi connectivity index (χ4n) is 2.05. The average molecular weight is 203 g/mol. The lowest BCUT2D eigenvalue weighted by atomic mass is 10.1. The highest BCUT2D eigenvalue weighted by Gasteiger charge is 2.15. The molecule has 1 fully saturated rings. The predicted octanol–water partition coefficient (Wildman–Crippen LogP) is 2.59. The second-order valence-corrected chi connectivity index (χ2v) is 4.05. The number of para-hydroxylation sites is 1. The molecule has 0 spiro atoms. The van der Waals surface area contributed by atoms with E-state index in [9.17, 15) is 0 Å². The normalized spacial score (nSPS) is 23.3. The molecule has 1 aliphatic carbocycles. The Morgan fingerprint density at radius 2 is 2.20 bits per heavy atom. The first-order valence-electron chi connectivity index (χ1n) is 5.37. The Hall–Kier alpha value is -1.28. The van der Waals surface area contributed by atoms with Crippen LogP contribution in [0.2, 0.25) is 0 Å². The van der Waals surface area contributed by atoms with Crippen molar-refractivity contribution in [1.82, 2.24) is 0 Å². The molecule has 80 valence electrons. The van der Waals surface area contributed by atoms with Crippen LogP contribution >= 0.6 is 0 Å². The Kier molecular flexibility index (Phi) is 3.07. The van der Waals surface area contributed by atoms with Crippen molar-refractivity contribution in [1.29, 1.82) is 0 Å². The van der Waals surface area contributed by atoms with Crippen LogP contribution in [0, 0.1) is 0 Å². The molecule has 0 aromatic heterocycles. The molecule has 0 aliphatic heterocycles. The molecule has 1 aromatic rings. The summed E-state index contributed by atoms with van der Waals surface area (Å²) in [6.45, 7) is 0. The maximum atomic E-state index is 5.88. The van der Waals surface area contributed by atoms with Gasteiger partial charge in [0, 0.05) is 11.6 Å².